The van der Waals surface area contributed by atoms with Crippen molar-refractivity contribution in [2.75, 3.05) is 0 Å². The van der Waals surface area contributed by atoms with Gasteiger partial charge in [0.15, 0.2) is 0 Å². The predicted molar refractivity (Wildman–Crippen MR) is 243 cm³/mol. The molecule has 0 amide bonds. The van der Waals surface area contributed by atoms with E-state index >= 15 is 0 Å². The lowest BCUT2D eigenvalue weighted by Crippen LogP contribution is -2.16. The largest absolute Gasteiger partial charge is 0.455 e. The van der Waals surface area contributed by atoms with Crippen LogP contribution in [0, 0.1) is 0 Å². The Bertz CT molecular complexity index is 3160. The van der Waals surface area contributed by atoms with Gasteiger partial charge in [-0.1, -0.05) is 145 Å². The first-order valence-electron chi connectivity index (χ1n) is 20.1. The molecule has 4 heterocycles. The number of aromatic amines is 1. The maximum Gasteiger partial charge on any atom is 0.144 e. The highest BCUT2D eigenvalue weighted by atomic mass is 16.3. The average molecular weight is 752 g/mol. The Morgan fingerprint density at radius 2 is 1.10 bits per heavy atom. The molecule has 4 heteroatoms. The highest BCUT2D eigenvalue weighted by Crippen LogP contribution is 2.42. The summed E-state index contributed by atoms with van der Waals surface area (Å²) in [5.74, 6) is 0. The van der Waals surface area contributed by atoms with Gasteiger partial charge in [0.05, 0.1) is 22.6 Å². The van der Waals surface area contributed by atoms with E-state index < -0.39 is 0 Å². The number of rotatable bonds is 5. The molecule has 0 fully saturated rings. The number of hydrogen-bond donors (Lipinski definition) is 1. The Balaban J connectivity index is 1.26. The normalized spacial score (nSPS) is 12.3. The van der Waals surface area contributed by atoms with Crippen LogP contribution in [0.4, 0.5) is 0 Å². The number of hydrogen-bond acceptors (Lipinski definition) is 3. The van der Waals surface area contributed by atoms with E-state index in [1.807, 2.05) is 24.4 Å². The van der Waals surface area contributed by atoms with Gasteiger partial charge in [-0.3, -0.25) is 4.98 Å². The third-order valence-corrected chi connectivity index (χ3v) is 11.6. The zero-order valence-corrected chi connectivity index (χ0v) is 33.8. The van der Waals surface area contributed by atoms with E-state index in [2.05, 4.69) is 180 Å². The van der Waals surface area contributed by atoms with Crippen molar-refractivity contribution in [3.63, 3.8) is 0 Å². The number of fused-ring (bicyclic) bond motifs is 6. The molecule has 0 aliphatic rings. The summed E-state index contributed by atoms with van der Waals surface area (Å²) in [4.78, 5) is 14.3. The number of nitrogens with zero attached hydrogens (tertiary/aromatic N) is 2. The molecule has 4 aromatic heterocycles. The fourth-order valence-electron chi connectivity index (χ4n) is 8.28. The second-order valence-corrected chi connectivity index (χ2v) is 17.6. The number of para-hydroxylation sites is 3. The van der Waals surface area contributed by atoms with E-state index in [9.17, 15) is 0 Å². The SMILES string of the molecule is CC(C)(C)c1cc(-c2cc(-c3cc(-c4cc(-c5ccccc5)ccn4)c4oc5ccccc5c4c3)nc(-c3cccc4c3[nH]c3ccccc34)c2)cc(C(C)(C)C)c1. The molecule has 6 aromatic carbocycles. The van der Waals surface area contributed by atoms with Crippen LogP contribution in [0.25, 0.3) is 99.8 Å². The molecule has 0 atom stereocenters. The quantitative estimate of drug-likeness (QED) is 0.190. The van der Waals surface area contributed by atoms with Gasteiger partial charge in [0.1, 0.15) is 11.2 Å². The number of H-pyrrole nitrogens is 1. The van der Waals surface area contributed by atoms with Crippen LogP contribution in [0.5, 0.6) is 0 Å². The fraction of sp³-hybridized carbons (Fsp3) is 0.148. The lowest BCUT2D eigenvalue weighted by Gasteiger charge is -2.26. The van der Waals surface area contributed by atoms with Crippen molar-refractivity contribution < 1.29 is 4.42 Å². The van der Waals surface area contributed by atoms with Gasteiger partial charge >= 0.3 is 0 Å². The molecule has 10 rings (SSSR count). The highest BCUT2D eigenvalue weighted by molar-refractivity contribution is 6.13. The Kier molecular flexibility index (Phi) is 8.24. The number of aromatic nitrogens is 3. The molecule has 1 N–H and O–H groups in total. The lowest BCUT2D eigenvalue weighted by atomic mass is 9.79. The zero-order valence-electron chi connectivity index (χ0n) is 33.8. The topological polar surface area (TPSA) is 54.7 Å². The van der Waals surface area contributed by atoms with Gasteiger partial charge in [-0.15, -0.1) is 0 Å². The Hall–Kier alpha value is -6.78. The molecule has 4 nitrogen and oxygen atoms in total. The Morgan fingerprint density at radius 3 is 1.88 bits per heavy atom. The molecule has 0 spiro atoms. The first-order valence-corrected chi connectivity index (χ1v) is 20.1. The van der Waals surface area contributed by atoms with Gasteiger partial charge in [0.25, 0.3) is 0 Å². The molecule has 0 saturated heterocycles. The van der Waals surface area contributed by atoms with Gasteiger partial charge < -0.3 is 9.40 Å². The van der Waals surface area contributed by atoms with Crippen LogP contribution in [0.15, 0.2) is 162 Å². The van der Waals surface area contributed by atoms with E-state index in [4.69, 9.17) is 14.4 Å². The summed E-state index contributed by atoms with van der Waals surface area (Å²) in [6.07, 6.45) is 1.89. The second kappa shape index (κ2) is 13.4. The van der Waals surface area contributed by atoms with Crippen LogP contribution < -0.4 is 0 Å². The fourth-order valence-corrected chi connectivity index (χ4v) is 8.28. The van der Waals surface area contributed by atoms with Crippen molar-refractivity contribution in [3.05, 3.63) is 169 Å². The molecule has 0 aliphatic heterocycles. The van der Waals surface area contributed by atoms with Crippen molar-refractivity contribution in [2.45, 2.75) is 52.4 Å². The van der Waals surface area contributed by atoms with Crippen molar-refractivity contribution >= 4 is 43.7 Å². The van der Waals surface area contributed by atoms with Gasteiger partial charge in [0, 0.05) is 49.9 Å². The maximum atomic E-state index is 6.66. The van der Waals surface area contributed by atoms with Crippen molar-refractivity contribution in [3.8, 4) is 56.0 Å². The van der Waals surface area contributed by atoms with Crippen LogP contribution in [0.2, 0.25) is 0 Å². The molecule has 0 unspecified atom stereocenters. The van der Waals surface area contributed by atoms with Gasteiger partial charge in [-0.25, -0.2) is 4.98 Å². The molecule has 0 bridgehead atoms. The first-order chi connectivity index (χ1) is 28.0. The predicted octanol–water partition coefficient (Wildman–Crippen LogP) is 14.9. The van der Waals surface area contributed by atoms with Crippen LogP contribution in [0.1, 0.15) is 52.7 Å². The Morgan fingerprint density at radius 1 is 0.448 bits per heavy atom. The number of benzene rings is 6. The minimum Gasteiger partial charge on any atom is -0.455 e. The van der Waals surface area contributed by atoms with Crippen LogP contribution in [-0.4, -0.2) is 15.0 Å². The molecule has 58 heavy (non-hydrogen) atoms. The van der Waals surface area contributed by atoms with Crippen LogP contribution in [0.3, 0.4) is 0 Å². The lowest BCUT2D eigenvalue weighted by molar-refractivity contribution is 0.569. The average Bonchev–Trinajstić information content (AvgIpc) is 3.81. The minimum atomic E-state index is -0.0335. The zero-order chi connectivity index (χ0) is 39.8. The van der Waals surface area contributed by atoms with Gasteiger partial charge in [0.2, 0.25) is 0 Å². The molecule has 10 aromatic rings. The second-order valence-electron chi connectivity index (χ2n) is 17.6. The molecular formula is C54H45N3O. The summed E-state index contributed by atoms with van der Waals surface area (Å²) in [5, 5.41) is 4.48. The van der Waals surface area contributed by atoms with Crippen LogP contribution in [-0.2, 0) is 10.8 Å². The van der Waals surface area contributed by atoms with E-state index in [0.717, 1.165) is 83.4 Å². The van der Waals surface area contributed by atoms with Crippen molar-refractivity contribution in [2.24, 2.45) is 0 Å². The smallest absolute Gasteiger partial charge is 0.144 e. The van der Waals surface area contributed by atoms with Gasteiger partial charge in [-0.2, -0.15) is 0 Å². The molecule has 0 aliphatic carbocycles. The summed E-state index contributed by atoms with van der Waals surface area (Å²) in [6.45, 7) is 13.8. The standard InChI is InChI=1S/C54H45N3O/c1-53(2,3)38-25-35(26-39(32-38)54(4,5)6)36-30-47(56-49(31-36)43-20-14-19-42-40-17-10-12-21-46(40)57-51(42)43)37-27-44-41-18-11-13-22-50(41)58-52(44)45(28-37)48-29-34(23-24-55-48)33-15-8-7-9-16-33/h7-32,57H,1-6H3. The first kappa shape index (κ1) is 35.6. The van der Waals surface area contributed by atoms with E-state index in [1.165, 1.54) is 27.5 Å². The van der Waals surface area contributed by atoms with Crippen molar-refractivity contribution in [1.29, 1.82) is 0 Å². The Labute approximate surface area is 339 Å². The summed E-state index contributed by atoms with van der Waals surface area (Å²) < 4.78 is 6.66. The maximum absolute atomic E-state index is 6.66. The highest BCUT2D eigenvalue weighted by Gasteiger charge is 2.23. The number of furan rings is 1. The molecular weight excluding hydrogens is 707 g/mol. The third kappa shape index (κ3) is 6.26. The number of nitrogens with one attached hydrogen (secondary N) is 1. The summed E-state index contributed by atoms with van der Waals surface area (Å²) in [5.41, 5.74) is 16.6. The summed E-state index contributed by atoms with van der Waals surface area (Å²) in [6, 6.07) is 54.2. The van der Waals surface area contributed by atoms with Gasteiger partial charge in [-0.05, 0) is 92.7 Å². The monoisotopic (exact) mass is 751 g/mol. The van der Waals surface area contributed by atoms with E-state index in [0.29, 0.717) is 0 Å². The third-order valence-electron chi connectivity index (χ3n) is 11.6. The van der Waals surface area contributed by atoms with Crippen LogP contribution >= 0.6 is 0 Å². The summed E-state index contributed by atoms with van der Waals surface area (Å²) in [7, 11) is 0. The number of pyridine rings is 2. The molecule has 0 radical (unpaired) electrons. The summed E-state index contributed by atoms with van der Waals surface area (Å²) >= 11 is 0. The molecule has 0 saturated carbocycles. The molecule has 282 valence electrons. The van der Waals surface area contributed by atoms with E-state index in [-0.39, 0.29) is 10.8 Å². The van der Waals surface area contributed by atoms with E-state index in [1.54, 1.807) is 0 Å². The van der Waals surface area contributed by atoms with Crippen molar-refractivity contribution in [1.82, 2.24) is 15.0 Å². The minimum absolute atomic E-state index is 0.0335.